The number of nitrogens with two attached hydrogens (primary N) is 5. The molecule has 25 N–H and O–H groups in total. The van der Waals surface area contributed by atoms with Gasteiger partial charge < -0.3 is 131 Å². The highest BCUT2D eigenvalue weighted by Gasteiger charge is 2.58. The van der Waals surface area contributed by atoms with Gasteiger partial charge in [0.05, 0.1) is 30.6 Å². The molecule has 23 atom stereocenters. The van der Waals surface area contributed by atoms with Gasteiger partial charge in [0.25, 0.3) is 5.91 Å². The van der Waals surface area contributed by atoms with Crippen LogP contribution in [-0.4, -0.2) is 299 Å². The molecule has 43 nitrogen and oxygen atoms in total. The Kier molecular flexibility index (Phi) is 40.0. The number of unbranched alkanes of at least 4 members (excludes halogenated alkanes) is 1. The van der Waals surface area contributed by atoms with Crippen LogP contribution in [0.3, 0.4) is 0 Å². The summed E-state index contributed by atoms with van der Waals surface area (Å²) in [4.78, 5) is 258. The number of piperidine rings is 1. The first-order valence-electron chi connectivity index (χ1n) is 38.8. The minimum absolute atomic E-state index is 0.0428. The molecule has 0 aromatic heterocycles. The minimum atomic E-state index is -2.85. The zero-order valence-electron chi connectivity index (χ0n) is 67.8. The number of nitrogens with one attached hydrogen (secondary N) is 8. The average molecular weight is 1660 g/mol. The van der Waals surface area contributed by atoms with Gasteiger partial charge in [-0.1, -0.05) is 69.2 Å². The smallest absolute Gasteiger partial charge is 0.335 e. The number of aliphatic carboxylic acids is 2. The van der Waals surface area contributed by atoms with Crippen molar-refractivity contribution in [1.82, 2.24) is 57.2 Å². The van der Waals surface area contributed by atoms with E-state index in [9.17, 15) is 98.1 Å². The van der Waals surface area contributed by atoms with Crippen LogP contribution in [0.15, 0.2) is 0 Å². The molecule has 3 rings (SSSR count). The summed E-state index contributed by atoms with van der Waals surface area (Å²) >= 11 is 0. The number of carbonyl (C=O) groups is 18. The third-order valence-electron chi connectivity index (χ3n) is 21.0. The minimum Gasteiger partial charge on any atom is -0.481 e. The van der Waals surface area contributed by atoms with Crippen LogP contribution in [-0.2, 0) is 95.8 Å². The van der Waals surface area contributed by atoms with E-state index in [2.05, 4.69) is 42.5 Å². The van der Waals surface area contributed by atoms with Crippen LogP contribution in [0.2, 0.25) is 0 Å². The van der Waals surface area contributed by atoms with Crippen molar-refractivity contribution in [3.05, 3.63) is 0 Å². The van der Waals surface area contributed by atoms with Crippen molar-refractivity contribution < 1.29 is 132 Å². The third-order valence-corrected chi connectivity index (χ3v) is 21.0. The number of likely N-dealkylation sites (N-methyl/N-ethyl adjacent to an activating group) is 1. The number of hydrogen-bond donors (Lipinski definition) is 20. The number of cyclic esters (lactones) is 1. The molecular weight excluding hydrogens is 1530 g/mol. The molecule has 0 aliphatic carbocycles. The van der Waals surface area contributed by atoms with Gasteiger partial charge in [0, 0.05) is 39.0 Å². The van der Waals surface area contributed by atoms with E-state index < -0.39 is 303 Å². The predicted octanol–water partition coefficient (Wildman–Crippen LogP) is -7.71. The molecule has 23 unspecified atom stereocenters. The number of fused-ring (bicyclic) bond motifs is 1. The summed E-state index contributed by atoms with van der Waals surface area (Å²) < 4.78 is 11.9. The highest BCUT2D eigenvalue weighted by molar-refractivity contribution is 6.03. The largest absolute Gasteiger partial charge is 0.481 e. The quantitative estimate of drug-likeness (QED) is 0.0203. The summed E-state index contributed by atoms with van der Waals surface area (Å²) in [5.74, 6) is -31.5. The van der Waals surface area contributed by atoms with Crippen LogP contribution in [0.25, 0.3) is 0 Å². The summed E-state index contributed by atoms with van der Waals surface area (Å²) in [6, 6.07) is -25.2. The number of primary amides is 4. The number of amides is 15. The first-order valence-corrected chi connectivity index (χ1v) is 38.8. The van der Waals surface area contributed by atoms with Crippen LogP contribution in [0.5, 0.6) is 0 Å². The standard InChI is InChI=1S/C73H122N16O27/c1-14-115-58(60(78)100)50-66(106)82-41(29-46(93)94)70(110)88-26-18-16-20-43(88)73(114)116-57(34(9)32(6)7)52(67(107)84-48(37(12)90)64(104)80-39(19-15-17-25-74)62(102)81-40(28-31(4)5)69(109)87(13)42(63(103)86-50)22-24-45(76)92)89-51(59(77)99)35(10)47(71(89)111)83-68(108)56(98)54(96)38(21-23-44(75)91)79-65(105)49(55(97)72(112)113)85-61(101)36(11)53(95)33(8)27-30(2)3/h30-43,47-58,90,95-98H,14-29,74H2,1-13H3,(H2,75,91)(H2,76,92)(H2,77,99)(H2,78,100)(H,79,105)(H,80,104)(H,81,102)(H,82,106)(H,83,108)(H,84,107)(H,85,101)(H,86,103)(H,93,94)(H,112,113). The van der Waals surface area contributed by atoms with Crippen LogP contribution < -0.4 is 71.2 Å². The number of hydrogen-bond acceptors (Lipinski definition) is 26. The van der Waals surface area contributed by atoms with Gasteiger partial charge in [-0.25, -0.2) is 9.59 Å². The van der Waals surface area contributed by atoms with Crippen LogP contribution in [0, 0.1) is 41.4 Å². The number of rotatable bonds is 37. The number of likely N-dealkylation sites (tertiary alicyclic amines) is 1. The molecule has 3 heterocycles. The lowest BCUT2D eigenvalue weighted by molar-refractivity contribution is -0.173. The first kappa shape index (κ1) is 100. The van der Waals surface area contributed by atoms with Crippen molar-refractivity contribution in [3.8, 4) is 0 Å². The Morgan fingerprint density at radius 2 is 1.22 bits per heavy atom. The maximum atomic E-state index is 16.0. The van der Waals surface area contributed by atoms with Gasteiger partial charge in [-0.05, 0) is 114 Å². The Morgan fingerprint density at radius 1 is 0.638 bits per heavy atom. The van der Waals surface area contributed by atoms with E-state index in [1.165, 1.54) is 34.6 Å². The molecule has 3 saturated heterocycles. The molecule has 15 amide bonds. The van der Waals surface area contributed by atoms with Crippen molar-refractivity contribution in [2.24, 2.45) is 70.1 Å². The summed E-state index contributed by atoms with van der Waals surface area (Å²) in [5.41, 5.74) is 28.7. The van der Waals surface area contributed by atoms with Gasteiger partial charge in [0.2, 0.25) is 82.7 Å². The number of carboxylic acids is 2. The van der Waals surface area contributed by atoms with E-state index in [4.69, 9.17) is 38.1 Å². The van der Waals surface area contributed by atoms with Crippen LogP contribution >= 0.6 is 0 Å². The Balaban J connectivity index is 2.49. The first-order chi connectivity index (χ1) is 54.0. The molecule has 3 fully saturated rings. The zero-order valence-corrected chi connectivity index (χ0v) is 67.8. The van der Waals surface area contributed by atoms with E-state index in [0.29, 0.717) is 11.3 Å². The second-order valence-corrected chi connectivity index (χ2v) is 31.3. The van der Waals surface area contributed by atoms with Gasteiger partial charge >= 0.3 is 17.9 Å². The maximum Gasteiger partial charge on any atom is 0.335 e. The van der Waals surface area contributed by atoms with E-state index >= 15 is 24.0 Å². The lowest BCUT2D eigenvalue weighted by atomic mass is 9.86. The Hall–Kier alpha value is -9.82. The predicted molar refractivity (Wildman–Crippen MR) is 405 cm³/mol. The van der Waals surface area contributed by atoms with Crippen molar-refractivity contribution in [2.45, 2.75) is 282 Å². The normalized spacial score (nSPS) is 26.2. The third kappa shape index (κ3) is 28.0. The Labute approximate surface area is 671 Å². The molecule has 0 bridgehead atoms. The topological polar surface area (TPSA) is 703 Å². The SMILES string of the molecule is CCOC(C(N)=O)C1NC(=O)C(CCC(N)=O)N(C)C(=O)C(CC(C)C)NC(=O)C(CCCCN)NC(=O)C(C(C)O)NC(=O)C(N2C(=O)C(NC(=O)C(O)C(O)C(CCC(N)=O)NC(=O)C(NC(=O)C(C)C(O)C(C)CC(C)C)C(O)C(=O)O)C(C)C2C(N)=O)C(C(C)C(C)C)OC(=O)C2CCCCN2C(=O)C(CC(=O)O)NC1=O. The maximum absolute atomic E-state index is 16.0. The molecule has 116 heavy (non-hydrogen) atoms. The number of carboxylic acid groups (broad SMARTS) is 2. The van der Waals surface area contributed by atoms with Gasteiger partial charge in [0.1, 0.15) is 78.7 Å². The van der Waals surface area contributed by atoms with E-state index in [-0.39, 0.29) is 57.4 Å². The van der Waals surface area contributed by atoms with E-state index in [1.54, 1.807) is 20.8 Å². The molecule has 0 radical (unpaired) electrons. The monoisotopic (exact) mass is 1650 g/mol. The lowest BCUT2D eigenvalue weighted by Gasteiger charge is -2.42. The summed E-state index contributed by atoms with van der Waals surface area (Å²) in [5, 5.41) is 95.4. The van der Waals surface area contributed by atoms with Crippen LogP contribution in [0.1, 0.15) is 167 Å². The summed E-state index contributed by atoms with van der Waals surface area (Å²) in [7, 11) is 1.07. The fraction of sp³-hybridized carbons (Fsp3) is 0.753. The van der Waals surface area contributed by atoms with Crippen LogP contribution in [0.4, 0.5) is 0 Å². The lowest BCUT2D eigenvalue weighted by Crippen LogP contribution is -2.66. The number of esters is 1. The molecule has 0 aromatic carbocycles. The number of aliphatic hydroxyl groups is 5. The van der Waals surface area contributed by atoms with Gasteiger partial charge in [-0.15, -0.1) is 0 Å². The van der Waals surface area contributed by atoms with Crippen molar-refractivity contribution in [2.75, 3.05) is 26.7 Å². The van der Waals surface area contributed by atoms with E-state index in [1.807, 2.05) is 13.8 Å². The van der Waals surface area contributed by atoms with Crippen molar-refractivity contribution in [3.63, 3.8) is 0 Å². The molecule has 0 spiro atoms. The fourth-order valence-corrected chi connectivity index (χ4v) is 14.2. The molecular formula is C73H122N16O27. The molecule has 0 aromatic rings. The molecule has 3 aliphatic heterocycles. The molecule has 0 saturated carbocycles. The van der Waals surface area contributed by atoms with Gasteiger partial charge in [0.15, 0.2) is 18.3 Å². The second kappa shape index (κ2) is 46.2. The second-order valence-electron chi connectivity index (χ2n) is 31.3. The fourth-order valence-electron chi connectivity index (χ4n) is 14.2. The molecule has 3 aliphatic rings. The Bertz CT molecular complexity index is 3510. The molecule has 656 valence electrons. The number of nitrogens with zero attached hydrogens (tertiary/aromatic N) is 3. The number of aliphatic hydroxyl groups excluding tert-OH is 5. The van der Waals surface area contributed by atoms with Crippen molar-refractivity contribution >= 4 is 107 Å². The number of ether oxygens (including phenoxy) is 2. The average Bonchev–Trinajstić information content (AvgIpc) is 1.59. The Morgan fingerprint density at radius 3 is 1.75 bits per heavy atom. The van der Waals surface area contributed by atoms with Gasteiger partial charge in [-0.3, -0.25) is 76.7 Å². The van der Waals surface area contributed by atoms with Crippen molar-refractivity contribution in [1.29, 1.82) is 0 Å². The number of carbonyl (C=O) groups excluding carboxylic acids is 16. The highest BCUT2D eigenvalue weighted by Crippen LogP contribution is 2.35. The zero-order chi connectivity index (χ0) is 88.5. The molecule has 43 heteroatoms. The summed E-state index contributed by atoms with van der Waals surface area (Å²) in [6.45, 7) is 17.0. The van der Waals surface area contributed by atoms with Gasteiger partial charge in [-0.2, -0.15) is 0 Å². The highest BCUT2D eigenvalue weighted by atomic mass is 16.5. The van der Waals surface area contributed by atoms with E-state index in [0.717, 1.165) is 30.7 Å². The summed E-state index contributed by atoms with van der Waals surface area (Å²) in [6.07, 6.45) is -20.0.